The van der Waals surface area contributed by atoms with E-state index in [2.05, 4.69) is 29.2 Å². The lowest BCUT2D eigenvalue weighted by Gasteiger charge is -2.26. The number of pyridine rings is 1. The van der Waals surface area contributed by atoms with E-state index < -0.39 is 6.55 Å². The molecular formula is C18H22F2N4O. The van der Waals surface area contributed by atoms with Crippen LogP contribution in [0.2, 0.25) is 0 Å². The smallest absolute Gasteiger partial charge is 0.323 e. The van der Waals surface area contributed by atoms with Crippen molar-refractivity contribution in [2.24, 2.45) is 5.92 Å². The molecule has 0 radical (unpaired) electrons. The van der Waals surface area contributed by atoms with E-state index in [-0.39, 0.29) is 22.9 Å². The highest BCUT2D eigenvalue weighted by molar-refractivity contribution is 5.95. The van der Waals surface area contributed by atoms with E-state index in [1.165, 1.54) is 6.20 Å². The Bertz CT molecular complexity index is 785. The Kier molecular flexibility index (Phi) is 4.58. The van der Waals surface area contributed by atoms with Gasteiger partial charge >= 0.3 is 6.55 Å². The summed E-state index contributed by atoms with van der Waals surface area (Å²) in [6, 6.07) is 3.48. The van der Waals surface area contributed by atoms with E-state index in [0.717, 1.165) is 25.0 Å². The molecule has 3 rings (SSSR count). The molecule has 134 valence electrons. The Labute approximate surface area is 145 Å². The van der Waals surface area contributed by atoms with Crippen molar-refractivity contribution >= 4 is 11.6 Å². The number of aromatic nitrogens is 3. The number of carbonyl (C=O) groups is 1. The van der Waals surface area contributed by atoms with Gasteiger partial charge in [0.05, 0.1) is 17.6 Å². The second-order valence-corrected chi connectivity index (χ2v) is 7.23. The van der Waals surface area contributed by atoms with Crippen molar-refractivity contribution in [2.75, 3.05) is 5.32 Å². The summed E-state index contributed by atoms with van der Waals surface area (Å²) in [7, 11) is 0. The van der Waals surface area contributed by atoms with Crippen LogP contribution in [0.25, 0.3) is 11.3 Å². The molecule has 2 bridgehead atoms. The van der Waals surface area contributed by atoms with Crippen molar-refractivity contribution in [3.05, 3.63) is 30.2 Å². The summed E-state index contributed by atoms with van der Waals surface area (Å²) in [5, 5.41) is 6.53. The molecule has 1 amide bonds. The molecule has 1 aliphatic rings. The number of nitrogens with zero attached hydrogens (tertiary/aromatic N) is 3. The Morgan fingerprint density at radius 1 is 1.40 bits per heavy atom. The first-order chi connectivity index (χ1) is 11.8. The van der Waals surface area contributed by atoms with E-state index >= 15 is 0 Å². The molecule has 0 aromatic carbocycles. The van der Waals surface area contributed by atoms with Crippen LogP contribution in [-0.2, 0) is 10.2 Å². The maximum Gasteiger partial charge on any atom is 0.333 e. The molecule has 5 nitrogen and oxygen atoms in total. The molecular weight excluding hydrogens is 326 g/mol. The number of nitrogens with one attached hydrogen (secondary N) is 1. The van der Waals surface area contributed by atoms with Crippen molar-refractivity contribution in [3.63, 3.8) is 0 Å². The topological polar surface area (TPSA) is 59.8 Å². The molecule has 0 saturated heterocycles. The normalized spacial score (nSPS) is 20.4. The number of fused-ring (bicyclic) bond motifs is 4. The van der Waals surface area contributed by atoms with Crippen LogP contribution in [0.15, 0.2) is 24.5 Å². The van der Waals surface area contributed by atoms with Crippen molar-refractivity contribution in [2.45, 2.75) is 52.0 Å². The number of anilines is 1. The van der Waals surface area contributed by atoms with Crippen LogP contribution < -0.4 is 5.32 Å². The van der Waals surface area contributed by atoms with Crippen molar-refractivity contribution in [3.8, 4) is 11.3 Å². The maximum atomic E-state index is 13.4. The SMILES string of the molecule is C[C@@H]1CCCC(C)(C)c2cc(ccn2)-c2c(cnn2C(F)F)NC1=O. The second kappa shape index (κ2) is 6.54. The Balaban J connectivity index is 2.19. The predicted octanol–water partition coefficient (Wildman–Crippen LogP) is 4.38. The van der Waals surface area contributed by atoms with Gasteiger partial charge in [-0.05, 0) is 25.0 Å². The number of amides is 1. The Hall–Kier alpha value is -2.31. The minimum Gasteiger partial charge on any atom is -0.323 e. The van der Waals surface area contributed by atoms with Crippen LogP contribution in [0.1, 0.15) is 52.3 Å². The highest BCUT2D eigenvalue weighted by Gasteiger charge is 2.27. The third-order valence-electron chi connectivity index (χ3n) is 4.85. The van der Waals surface area contributed by atoms with E-state index in [1.54, 1.807) is 12.3 Å². The highest BCUT2D eigenvalue weighted by atomic mass is 19.3. The average Bonchev–Trinajstić information content (AvgIpc) is 2.97. The zero-order valence-corrected chi connectivity index (χ0v) is 14.6. The third-order valence-corrected chi connectivity index (χ3v) is 4.85. The maximum absolute atomic E-state index is 13.4. The van der Waals surface area contributed by atoms with Crippen LogP contribution in [0, 0.1) is 5.92 Å². The monoisotopic (exact) mass is 348 g/mol. The van der Waals surface area contributed by atoms with Gasteiger partial charge in [-0.15, -0.1) is 0 Å². The molecule has 1 N–H and O–H groups in total. The minimum atomic E-state index is -2.80. The summed E-state index contributed by atoms with van der Waals surface area (Å²) < 4.78 is 27.5. The van der Waals surface area contributed by atoms with E-state index in [0.29, 0.717) is 15.9 Å². The number of hydrogen-bond acceptors (Lipinski definition) is 3. The van der Waals surface area contributed by atoms with E-state index in [9.17, 15) is 13.6 Å². The number of halogens is 2. The van der Waals surface area contributed by atoms with E-state index in [1.807, 2.05) is 13.0 Å². The molecule has 1 atom stereocenters. The van der Waals surface area contributed by atoms with Crippen LogP contribution >= 0.6 is 0 Å². The van der Waals surface area contributed by atoms with Gasteiger partial charge in [0, 0.05) is 28.8 Å². The van der Waals surface area contributed by atoms with Gasteiger partial charge in [0.15, 0.2) is 0 Å². The molecule has 2 aromatic rings. The van der Waals surface area contributed by atoms with Gasteiger partial charge in [0.2, 0.25) is 5.91 Å². The fourth-order valence-electron chi connectivity index (χ4n) is 3.20. The highest BCUT2D eigenvalue weighted by Crippen LogP contribution is 2.36. The molecule has 0 fully saturated rings. The van der Waals surface area contributed by atoms with Crippen LogP contribution in [0.4, 0.5) is 14.5 Å². The lowest BCUT2D eigenvalue weighted by molar-refractivity contribution is -0.119. The molecule has 0 saturated carbocycles. The molecule has 7 heteroatoms. The summed E-state index contributed by atoms with van der Waals surface area (Å²) >= 11 is 0. The van der Waals surface area contributed by atoms with E-state index in [4.69, 9.17) is 0 Å². The molecule has 0 unspecified atom stereocenters. The first kappa shape index (κ1) is 17.5. The number of rotatable bonds is 1. The lowest BCUT2D eigenvalue weighted by atomic mass is 9.81. The Morgan fingerprint density at radius 2 is 2.16 bits per heavy atom. The fraction of sp³-hybridized carbons (Fsp3) is 0.500. The molecule has 0 spiro atoms. The van der Waals surface area contributed by atoms with Crippen molar-refractivity contribution in [1.82, 2.24) is 14.8 Å². The Morgan fingerprint density at radius 3 is 2.88 bits per heavy atom. The van der Waals surface area contributed by atoms with Crippen LogP contribution in [0.5, 0.6) is 0 Å². The van der Waals surface area contributed by atoms with Crippen LogP contribution in [-0.4, -0.2) is 20.7 Å². The first-order valence-electron chi connectivity index (χ1n) is 8.43. The largest absolute Gasteiger partial charge is 0.333 e. The van der Waals surface area contributed by atoms with Gasteiger partial charge in [-0.25, -0.2) is 4.68 Å². The zero-order valence-electron chi connectivity index (χ0n) is 14.6. The summed E-state index contributed by atoms with van der Waals surface area (Å²) in [6.45, 7) is 3.22. The number of carbonyl (C=O) groups excluding carboxylic acids is 1. The molecule has 2 aromatic heterocycles. The van der Waals surface area contributed by atoms with Crippen LogP contribution in [0.3, 0.4) is 0 Å². The number of hydrogen-bond donors (Lipinski definition) is 1. The summed E-state index contributed by atoms with van der Waals surface area (Å²) in [4.78, 5) is 16.9. The summed E-state index contributed by atoms with van der Waals surface area (Å²) in [6.07, 6.45) is 5.38. The van der Waals surface area contributed by atoms with Gasteiger partial charge in [0.1, 0.15) is 0 Å². The predicted molar refractivity (Wildman–Crippen MR) is 91.4 cm³/mol. The van der Waals surface area contributed by atoms with Crippen molar-refractivity contribution < 1.29 is 13.6 Å². The minimum absolute atomic E-state index is 0.178. The lowest BCUT2D eigenvalue weighted by Crippen LogP contribution is -2.23. The first-order valence-corrected chi connectivity index (χ1v) is 8.43. The summed E-state index contributed by atoms with van der Waals surface area (Å²) in [5.74, 6) is -0.382. The molecule has 0 aliphatic carbocycles. The zero-order chi connectivity index (χ0) is 18.2. The fourth-order valence-corrected chi connectivity index (χ4v) is 3.20. The average molecular weight is 348 g/mol. The third kappa shape index (κ3) is 3.41. The molecule has 3 heterocycles. The van der Waals surface area contributed by atoms with Crippen molar-refractivity contribution in [1.29, 1.82) is 0 Å². The van der Waals surface area contributed by atoms with Gasteiger partial charge in [0.25, 0.3) is 0 Å². The molecule has 1 aliphatic heterocycles. The van der Waals surface area contributed by atoms with Gasteiger partial charge in [-0.2, -0.15) is 13.9 Å². The summed E-state index contributed by atoms with van der Waals surface area (Å²) in [5.41, 5.74) is 1.71. The standard InChI is InChI=1S/C18H22F2N4O/c1-11-5-4-7-18(2,3)14-9-12(6-8-21-14)15-13(23-16(11)25)10-22-24(15)17(19)20/h6,8-11,17H,4-5,7H2,1-3H3,(H,23,25)/t11-/m1/s1. The second-order valence-electron chi connectivity index (χ2n) is 7.23. The quantitative estimate of drug-likeness (QED) is 0.832. The van der Waals surface area contributed by atoms with Gasteiger partial charge in [-0.3, -0.25) is 9.78 Å². The van der Waals surface area contributed by atoms with Gasteiger partial charge < -0.3 is 5.32 Å². The number of alkyl halides is 2. The molecule has 25 heavy (non-hydrogen) atoms. The van der Waals surface area contributed by atoms with Gasteiger partial charge in [-0.1, -0.05) is 27.2 Å².